The van der Waals surface area contributed by atoms with Crippen molar-refractivity contribution in [1.82, 2.24) is 9.29 Å². The Kier molecular flexibility index (Phi) is 5.32. The fourth-order valence-corrected chi connectivity index (χ4v) is 4.95. The highest BCUT2D eigenvalue weighted by Crippen LogP contribution is 2.32. The van der Waals surface area contributed by atoms with Crippen LogP contribution in [0.4, 0.5) is 5.69 Å². The summed E-state index contributed by atoms with van der Waals surface area (Å²) in [7, 11) is -3.42. The van der Waals surface area contributed by atoms with Gasteiger partial charge in [-0.2, -0.15) is 4.31 Å². The standard InChI is InChI=1S/C18H22ClN3O2S/c1-3-22(4-2)25(23,24)16-5-6-17-15(12-16)8-10-21(17)13-14-7-9-20-18(19)11-14/h5-7,9,11-12H,3-4,8,10,13H2,1-2H3. The van der Waals surface area contributed by atoms with E-state index in [2.05, 4.69) is 9.88 Å². The lowest BCUT2D eigenvalue weighted by atomic mass is 10.2. The molecule has 0 saturated heterocycles. The van der Waals surface area contributed by atoms with Gasteiger partial charge in [0.05, 0.1) is 4.90 Å². The molecular formula is C18H22ClN3O2S. The third-order valence-corrected chi connectivity index (χ3v) is 6.80. The van der Waals surface area contributed by atoms with E-state index in [0.29, 0.717) is 23.1 Å². The Bertz CT molecular complexity index is 866. The topological polar surface area (TPSA) is 53.5 Å². The minimum Gasteiger partial charge on any atom is -0.367 e. The normalized spacial score (nSPS) is 14.2. The van der Waals surface area contributed by atoms with Crippen LogP contribution in [0.5, 0.6) is 0 Å². The maximum Gasteiger partial charge on any atom is 0.243 e. The summed E-state index contributed by atoms with van der Waals surface area (Å²) < 4.78 is 26.9. The molecule has 1 aliphatic heterocycles. The summed E-state index contributed by atoms with van der Waals surface area (Å²) >= 11 is 5.96. The second-order valence-corrected chi connectivity index (χ2v) is 8.36. The predicted octanol–water partition coefficient (Wildman–Crippen LogP) is 3.33. The minimum atomic E-state index is -3.42. The van der Waals surface area contributed by atoms with E-state index < -0.39 is 10.0 Å². The quantitative estimate of drug-likeness (QED) is 0.722. The molecule has 1 aromatic heterocycles. The molecule has 0 unspecified atom stereocenters. The molecule has 0 saturated carbocycles. The summed E-state index contributed by atoms with van der Waals surface area (Å²) in [5, 5.41) is 0.484. The first-order valence-corrected chi connectivity index (χ1v) is 10.3. The molecule has 3 rings (SSSR count). The maximum absolute atomic E-state index is 12.7. The molecule has 5 nitrogen and oxygen atoms in total. The summed E-state index contributed by atoms with van der Waals surface area (Å²) in [5.74, 6) is 0. The first-order chi connectivity index (χ1) is 12.0. The molecule has 0 spiro atoms. The first kappa shape index (κ1) is 18.2. The maximum atomic E-state index is 12.7. The Balaban J connectivity index is 1.86. The first-order valence-electron chi connectivity index (χ1n) is 8.44. The second-order valence-electron chi connectivity index (χ2n) is 6.04. The molecule has 0 N–H and O–H groups in total. The Morgan fingerprint density at radius 2 is 1.96 bits per heavy atom. The number of anilines is 1. The monoisotopic (exact) mass is 379 g/mol. The van der Waals surface area contributed by atoms with Crippen molar-refractivity contribution in [3.05, 3.63) is 52.8 Å². The van der Waals surface area contributed by atoms with Crippen LogP contribution >= 0.6 is 11.6 Å². The minimum absolute atomic E-state index is 0.378. The molecule has 0 fully saturated rings. The van der Waals surface area contributed by atoms with Crippen LogP contribution in [0.15, 0.2) is 41.4 Å². The number of rotatable bonds is 6. The van der Waals surface area contributed by atoms with Gasteiger partial charge in [0, 0.05) is 38.1 Å². The highest BCUT2D eigenvalue weighted by molar-refractivity contribution is 7.89. The molecule has 0 atom stereocenters. The third kappa shape index (κ3) is 3.66. The van der Waals surface area contributed by atoms with Crippen molar-refractivity contribution in [1.29, 1.82) is 0 Å². The number of aromatic nitrogens is 1. The number of fused-ring (bicyclic) bond motifs is 1. The molecular weight excluding hydrogens is 358 g/mol. The van der Waals surface area contributed by atoms with E-state index in [0.717, 1.165) is 36.3 Å². The number of benzene rings is 1. The van der Waals surface area contributed by atoms with Crippen molar-refractivity contribution in [2.45, 2.75) is 31.7 Å². The van der Waals surface area contributed by atoms with Gasteiger partial charge in [-0.25, -0.2) is 13.4 Å². The Morgan fingerprint density at radius 1 is 1.20 bits per heavy atom. The van der Waals surface area contributed by atoms with Gasteiger partial charge in [0.25, 0.3) is 0 Å². The number of halogens is 1. The van der Waals surface area contributed by atoms with E-state index in [4.69, 9.17) is 11.6 Å². The van der Waals surface area contributed by atoms with Crippen LogP contribution in [-0.4, -0.2) is 37.3 Å². The van der Waals surface area contributed by atoms with Crippen molar-refractivity contribution < 1.29 is 8.42 Å². The van der Waals surface area contributed by atoms with Crippen LogP contribution < -0.4 is 4.90 Å². The van der Waals surface area contributed by atoms with E-state index >= 15 is 0 Å². The van der Waals surface area contributed by atoms with Gasteiger partial charge in [-0.1, -0.05) is 25.4 Å². The van der Waals surface area contributed by atoms with E-state index in [1.54, 1.807) is 12.3 Å². The van der Waals surface area contributed by atoms with Crippen LogP contribution in [-0.2, 0) is 23.0 Å². The van der Waals surface area contributed by atoms with Crippen molar-refractivity contribution >= 4 is 27.3 Å². The van der Waals surface area contributed by atoms with E-state index in [-0.39, 0.29) is 0 Å². The average molecular weight is 380 g/mol. The fourth-order valence-electron chi connectivity index (χ4n) is 3.25. The number of hydrogen-bond donors (Lipinski definition) is 0. The van der Waals surface area contributed by atoms with Gasteiger partial charge in [-0.15, -0.1) is 0 Å². The molecule has 7 heteroatoms. The van der Waals surface area contributed by atoms with Gasteiger partial charge in [0.1, 0.15) is 5.15 Å². The lowest BCUT2D eigenvalue weighted by Crippen LogP contribution is -2.30. The molecule has 1 aromatic carbocycles. The molecule has 0 bridgehead atoms. The average Bonchev–Trinajstić information content (AvgIpc) is 2.98. The number of hydrogen-bond acceptors (Lipinski definition) is 4. The molecule has 25 heavy (non-hydrogen) atoms. The summed E-state index contributed by atoms with van der Waals surface area (Å²) in [5.41, 5.74) is 3.26. The van der Waals surface area contributed by atoms with Crippen molar-refractivity contribution in [3.8, 4) is 0 Å². The molecule has 2 heterocycles. The van der Waals surface area contributed by atoms with Crippen molar-refractivity contribution in [2.24, 2.45) is 0 Å². The summed E-state index contributed by atoms with van der Waals surface area (Å²) in [6.07, 6.45) is 2.55. The van der Waals surface area contributed by atoms with Gasteiger partial charge >= 0.3 is 0 Å². The summed E-state index contributed by atoms with van der Waals surface area (Å²) in [6.45, 7) is 6.27. The van der Waals surface area contributed by atoms with E-state index in [1.807, 2.05) is 38.1 Å². The largest absolute Gasteiger partial charge is 0.367 e. The Labute approximate surface area is 154 Å². The van der Waals surface area contributed by atoms with E-state index in [9.17, 15) is 8.42 Å². The second kappa shape index (κ2) is 7.32. The predicted molar refractivity (Wildman–Crippen MR) is 101 cm³/mol. The Morgan fingerprint density at radius 3 is 2.64 bits per heavy atom. The Hall–Kier alpha value is -1.63. The zero-order valence-electron chi connectivity index (χ0n) is 14.4. The van der Waals surface area contributed by atoms with Crippen LogP contribution in [0, 0.1) is 0 Å². The fraction of sp³-hybridized carbons (Fsp3) is 0.389. The molecule has 0 radical (unpaired) electrons. The summed E-state index contributed by atoms with van der Waals surface area (Å²) in [6, 6.07) is 9.26. The van der Waals surface area contributed by atoms with Crippen LogP contribution in [0.1, 0.15) is 25.0 Å². The van der Waals surface area contributed by atoms with E-state index in [1.165, 1.54) is 4.31 Å². The highest BCUT2D eigenvalue weighted by atomic mass is 35.5. The van der Waals surface area contributed by atoms with Crippen LogP contribution in [0.3, 0.4) is 0 Å². The number of pyridine rings is 1. The summed E-state index contributed by atoms with van der Waals surface area (Å²) in [4.78, 5) is 6.63. The van der Waals surface area contributed by atoms with Crippen molar-refractivity contribution in [3.63, 3.8) is 0 Å². The lowest BCUT2D eigenvalue weighted by Gasteiger charge is -2.21. The molecule has 1 aliphatic rings. The SMILES string of the molecule is CCN(CC)S(=O)(=O)c1ccc2c(c1)CCN2Cc1ccnc(Cl)c1. The van der Waals surface area contributed by atoms with Gasteiger partial charge in [0.2, 0.25) is 10.0 Å². The van der Waals surface area contributed by atoms with Crippen LogP contribution in [0.25, 0.3) is 0 Å². The van der Waals surface area contributed by atoms with Crippen molar-refractivity contribution in [2.75, 3.05) is 24.5 Å². The van der Waals surface area contributed by atoms with Gasteiger partial charge in [0.15, 0.2) is 0 Å². The van der Waals surface area contributed by atoms with Crippen LogP contribution in [0.2, 0.25) is 5.15 Å². The van der Waals surface area contributed by atoms with Gasteiger partial charge in [-0.3, -0.25) is 0 Å². The molecule has 2 aromatic rings. The zero-order chi connectivity index (χ0) is 18.0. The highest BCUT2D eigenvalue weighted by Gasteiger charge is 2.25. The van der Waals surface area contributed by atoms with Gasteiger partial charge < -0.3 is 4.90 Å². The number of nitrogens with zero attached hydrogens (tertiary/aromatic N) is 3. The van der Waals surface area contributed by atoms with Gasteiger partial charge in [-0.05, 0) is 47.9 Å². The number of sulfonamides is 1. The molecule has 134 valence electrons. The zero-order valence-corrected chi connectivity index (χ0v) is 16.0. The lowest BCUT2D eigenvalue weighted by molar-refractivity contribution is 0.445. The molecule has 0 aliphatic carbocycles. The molecule has 0 amide bonds. The third-order valence-electron chi connectivity index (χ3n) is 4.55. The smallest absolute Gasteiger partial charge is 0.243 e.